The number of piperidine rings is 1. The molecule has 6 heteroatoms. The summed E-state index contributed by atoms with van der Waals surface area (Å²) in [7, 11) is -3.12. The van der Waals surface area contributed by atoms with Crippen molar-refractivity contribution in [3.63, 3.8) is 0 Å². The summed E-state index contributed by atoms with van der Waals surface area (Å²) >= 11 is 0. The number of rotatable bonds is 5. The van der Waals surface area contributed by atoms with Gasteiger partial charge in [-0.2, -0.15) is 0 Å². The molecular formula is C20H30N2O3S. The molecule has 5 nitrogen and oxygen atoms in total. The van der Waals surface area contributed by atoms with Crippen LogP contribution in [-0.2, 0) is 20.2 Å². The van der Waals surface area contributed by atoms with Gasteiger partial charge in [-0.25, -0.2) is 12.7 Å². The van der Waals surface area contributed by atoms with Crippen molar-refractivity contribution in [2.75, 3.05) is 18.8 Å². The first kappa shape index (κ1) is 19.4. The molecule has 1 fully saturated rings. The van der Waals surface area contributed by atoms with Gasteiger partial charge in [-0.05, 0) is 62.5 Å². The van der Waals surface area contributed by atoms with Crippen LogP contribution in [0.2, 0.25) is 0 Å². The largest absolute Gasteiger partial charge is 0.354 e. The lowest BCUT2D eigenvalue weighted by molar-refractivity contribution is -0.122. The second-order valence-corrected chi connectivity index (χ2v) is 10.3. The minimum absolute atomic E-state index is 0.0130. The summed E-state index contributed by atoms with van der Waals surface area (Å²) in [6, 6.07) is 8.58. The molecule has 144 valence electrons. The van der Waals surface area contributed by atoms with Crippen molar-refractivity contribution in [3.8, 4) is 0 Å². The van der Waals surface area contributed by atoms with E-state index in [1.807, 2.05) is 19.9 Å². The van der Waals surface area contributed by atoms with Crippen LogP contribution in [-0.4, -0.2) is 43.5 Å². The number of nitrogens with zero attached hydrogens (tertiary/aromatic N) is 1. The molecule has 1 amide bonds. The van der Waals surface area contributed by atoms with Crippen LogP contribution in [0.3, 0.4) is 0 Å². The highest BCUT2D eigenvalue weighted by Gasteiger charge is 2.46. The number of hydrogen-bond acceptors (Lipinski definition) is 3. The highest BCUT2D eigenvalue weighted by molar-refractivity contribution is 7.89. The van der Waals surface area contributed by atoms with Crippen LogP contribution in [0.5, 0.6) is 0 Å². The lowest BCUT2D eigenvalue weighted by Gasteiger charge is -2.39. The lowest BCUT2D eigenvalue weighted by atomic mass is 9.73. The molecule has 1 heterocycles. The van der Waals surface area contributed by atoms with E-state index in [1.165, 1.54) is 11.1 Å². The highest BCUT2D eigenvalue weighted by Crippen LogP contribution is 2.52. The zero-order valence-corrected chi connectivity index (χ0v) is 16.8. The number of nitrogens with one attached hydrogen (secondary N) is 1. The van der Waals surface area contributed by atoms with E-state index in [0.717, 1.165) is 19.3 Å². The van der Waals surface area contributed by atoms with Gasteiger partial charge < -0.3 is 5.32 Å². The molecule has 1 N–H and O–H groups in total. The first-order valence-corrected chi connectivity index (χ1v) is 11.2. The van der Waals surface area contributed by atoms with Crippen molar-refractivity contribution >= 4 is 15.9 Å². The zero-order valence-electron chi connectivity index (χ0n) is 16.0. The Morgan fingerprint density at radius 3 is 2.54 bits per heavy atom. The average Bonchev–Trinajstić information content (AvgIpc) is 2.88. The maximum atomic E-state index is 12.3. The molecule has 1 atom stereocenters. The van der Waals surface area contributed by atoms with Gasteiger partial charge in [0.1, 0.15) is 0 Å². The van der Waals surface area contributed by atoms with Gasteiger partial charge in [0.2, 0.25) is 15.9 Å². The normalized spacial score (nSPS) is 22.5. The number of benzene rings is 1. The maximum Gasteiger partial charge on any atom is 0.220 e. The highest BCUT2D eigenvalue weighted by atomic mass is 32.2. The van der Waals surface area contributed by atoms with Crippen LogP contribution in [0.1, 0.15) is 63.5 Å². The maximum absolute atomic E-state index is 12.3. The Bertz CT molecular complexity index is 765. The number of carbonyl (C=O) groups is 1. The first-order chi connectivity index (χ1) is 12.3. The van der Waals surface area contributed by atoms with Gasteiger partial charge >= 0.3 is 0 Å². The smallest absolute Gasteiger partial charge is 0.220 e. The number of fused-ring (bicyclic) bond motifs is 2. The topological polar surface area (TPSA) is 66.5 Å². The van der Waals surface area contributed by atoms with E-state index >= 15 is 0 Å². The molecule has 1 unspecified atom stereocenters. The van der Waals surface area contributed by atoms with Crippen LogP contribution < -0.4 is 5.32 Å². The molecule has 0 radical (unpaired) electrons. The molecule has 0 aromatic heterocycles. The fraction of sp³-hybridized carbons (Fsp3) is 0.650. The molecule has 1 aliphatic carbocycles. The van der Waals surface area contributed by atoms with Crippen molar-refractivity contribution in [1.29, 1.82) is 0 Å². The van der Waals surface area contributed by atoms with Gasteiger partial charge in [0.05, 0.1) is 5.75 Å². The van der Waals surface area contributed by atoms with Crippen LogP contribution in [0.25, 0.3) is 0 Å². The Morgan fingerprint density at radius 1 is 1.27 bits per heavy atom. The fourth-order valence-corrected chi connectivity index (χ4v) is 5.77. The molecule has 0 saturated carbocycles. The Kier molecular flexibility index (Phi) is 5.45. The molecule has 1 spiro atoms. The molecule has 3 rings (SSSR count). The predicted molar refractivity (Wildman–Crippen MR) is 104 cm³/mol. The zero-order chi connectivity index (χ0) is 18.9. The molecule has 1 aromatic rings. The second-order valence-electron chi connectivity index (χ2n) is 7.99. The number of carbonyl (C=O) groups excluding carboxylic acids is 1. The van der Waals surface area contributed by atoms with Crippen molar-refractivity contribution < 1.29 is 13.2 Å². The molecule has 1 saturated heterocycles. The van der Waals surface area contributed by atoms with E-state index in [2.05, 4.69) is 23.5 Å². The van der Waals surface area contributed by atoms with E-state index in [0.29, 0.717) is 19.5 Å². The van der Waals surface area contributed by atoms with E-state index in [9.17, 15) is 13.2 Å². The third-order valence-electron chi connectivity index (χ3n) is 5.93. The van der Waals surface area contributed by atoms with Gasteiger partial charge in [0.25, 0.3) is 0 Å². The van der Waals surface area contributed by atoms with Crippen molar-refractivity contribution in [2.45, 2.75) is 63.8 Å². The number of sulfonamides is 1. The molecular weight excluding hydrogens is 348 g/mol. The summed E-state index contributed by atoms with van der Waals surface area (Å²) in [4.78, 5) is 12.3. The van der Waals surface area contributed by atoms with Crippen LogP contribution in [0.4, 0.5) is 0 Å². The van der Waals surface area contributed by atoms with Gasteiger partial charge in [-0.15, -0.1) is 0 Å². The van der Waals surface area contributed by atoms with Gasteiger partial charge in [0, 0.05) is 25.6 Å². The fourth-order valence-electron chi connectivity index (χ4n) is 4.66. The van der Waals surface area contributed by atoms with E-state index in [4.69, 9.17) is 0 Å². The Hall–Kier alpha value is -1.40. The Morgan fingerprint density at radius 2 is 1.92 bits per heavy atom. The van der Waals surface area contributed by atoms with E-state index in [-0.39, 0.29) is 29.0 Å². The SMILES string of the molecule is CCS(=O)(=O)N1CCC2(CC1)CC(CC(=O)NC(C)C)c1ccccc12. The summed E-state index contributed by atoms with van der Waals surface area (Å²) in [6.45, 7) is 6.82. The molecule has 0 bridgehead atoms. The lowest BCUT2D eigenvalue weighted by Crippen LogP contribution is -2.45. The van der Waals surface area contributed by atoms with Crippen molar-refractivity contribution in [3.05, 3.63) is 35.4 Å². The minimum atomic E-state index is -3.12. The third kappa shape index (κ3) is 3.67. The minimum Gasteiger partial charge on any atom is -0.354 e. The van der Waals surface area contributed by atoms with E-state index < -0.39 is 10.0 Å². The van der Waals surface area contributed by atoms with Crippen LogP contribution in [0.15, 0.2) is 24.3 Å². The average molecular weight is 379 g/mol. The third-order valence-corrected chi connectivity index (χ3v) is 7.81. The van der Waals surface area contributed by atoms with E-state index in [1.54, 1.807) is 11.2 Å². The van der Waals surface area contributed by atoms with Gasteiger partial charge in [0.15, 0.2) is 0 Å². The summed E-state index contributed by atoms with van der Waals surface area (Å²) in [5, 5.41) is 3.00. The quantitative estimate of drug-likeness (QED) is 0.857. The number of amides is 1. The second kappa shape index (κ2) is 7.31. The predicted octanol–water partition coefficient (Wildman–Crippen LogP) is 2.77. The summed E-state index contributed by atoms with van der Waals surface area (Å²) in [5.41, 5.74) is 2.62. The van der Waals surface area contributed by atoms with Crippen LogP contribution >= 0.6 is 0 Å². The van der Waals surface area contributed by atoms with Gasteiger partial charge in [-0.1, -0.05) is 24.3 Å². The molecule has 2 aliphatic rings. The monoisotopic (exact) mass is 378 g/mol. The first-order valence-electron chi connectivity index (χ1n) is 9.64. The van der Waals surface area contributed by atoms with Gasteiger partial charge in [-0.3, -0.25) is 4.79 Å². The molecule has 1 aliphatic heterocycles. The Balaban J connectivity index is 1.79. The van der Waals surface area contributed by atoms with Crippen LogP contribution in [0, 0.1) is 0 Å². The molecule has 26 heavy (non-hydrogen) atoms. The standard InChI is InChI=1S/C20H30N2O3S/c1-4-26(24,25)22-11-9-20(10-12-22)14-16(13-19(23)21-15(2)3)17-7-5-6-8-18(17)20/h5-8,15-16H,4,9-14H2,1-3H3,(H,21,23). The Labute approximate surface area is 157 Å². The van der Waals surface area contributed by atoms with Crippen molar-refractivity contribution in [2.24, 2.45) is 0 Å². The number of hydrogen-bond donors (Lipinski definition) is 1. The van der Waals surface area contributed by atoms with Crippen molar-refractivity contribution in [1.82, 2.24) is 9.62 Å². The summed E-state index contributed by atoms with van der Waals surface area (Å²) in [6.07, 6.45) is 3.13. The summed E-state index contributed by atoms with van der Waals surface area (Å²) < 4.78 is 26.0. The summed E-state index contributed by atoms with van der Waals surface area (Å²) in [5.74, 6) is 0.483. The molecule has 1 aromatic carbocycles.